The molecule has 1 heterocycles. The first-order valence-corrected chi connectivity index (χ1v) is 6.81. The minimum atomic E-state index is 0.590. The van der Waals surface area contributed by atoms with Gasteiger partial charge >= 0.3 is 0 Å². The Morgan fingerprint density at radius 1 is 1.06 bits per heavy atom. The molecule has 3 rings (SSSR count). The lowest BCUT2D eigenvalue weighted by atomic mass is 9.89. The minimum Gasteiger partial charge on any atom is -0.301 e. The molecule has 0 unspecified atom stereocenters. The fourth-order valence-corrected chi connectivity index (χ4v) is 2.93. The molecule has 1 aromatic heterocycles. The molecule has 0 N–H and O–H groups in total. The van der Waals surface area contributed by atoms with Gasteiger partial charge in [-0.05, 0) is 43.2 Å². The predicted molar refractivity (Wildman–Crippen MR) is 63.6 cm³/mol. The lowest BCUT2D eigenvalue weighted by Gasteiger charge is -2.22. The summed E-state index contributed by atoms with van der Waals surface area (Å²) in [5.41, 5.74) is 0. The van der Waals surface area contributed by atoms with Crippen molar-refractivity contribution >= 4 is 11.6 Å². The van der Waals surface area contributed by atoms with Gasteiger partial charge in [-0.15, -0.1) is 10.2 Å². The maximum absolute atomic E-state index is 6.13. The van der Waals surface area contributed by atoms with E-state index in [0.29, 0.717) is 11.2 Å². The van der Waals surface area contributed by atoms with Gasteiger partial charge in [-0.1, -0.05) is 19.3 Å². The van der Waals surface area contributed by atoms with E-state index in [1.165, 1.54) is 44.9 Å². The summed E-state index contributed by atoms with van der Waals surface area (Å²) in [6.45, 7) is 1.04. The van der Waals surface area contributed by atoms with Crippen LogP contribution >= 0.6 is 11.6 Å². The highest BCUT2D eigenvalue weighted by Gasteiger charge is 2.30. The Labute approximate surface area is 101 Å². The van der Waals surface area contributed by atoms with Crippen LogP contribution in [0.5, 0.6) is 0 Å². The molecule has 0 aliphatic heterocycles. The van der Waals surface area contributed by atoms with Gasteiger partial charge in [0.25, 0.3) is 0 Å². The smallest absolute Gasteiger partial charge is 0.225 e. The standard InChI is InChI=1S/C12H18ClN3/c13-12-15-14-11(10-6-7-10)16(12)8-9-4-2-1-3-5-9/h9-10H,1-8H2. The fourth-order valence-electron chi connectivity index (χ4n) is 2.74. The first-order valence-electron chi connectivity index (χ1n) is 6.43. The van der Waals surface area contributed by atoms with E-state index in [0.717, 1.165) is 18.3 Å². The van der Waals surface area contributed by atoms with E-state index in [1.54, 1.807) is 0 Å². The van der Waals surface area contributed by atoms with E-state index >= 15 is 0 Å². The highest BCUT2D eigenvalue weighted by molar-refractivity contribution is 6.28. The van der Waals surface area contributed by atoms with E-state index in [4.69, 9.17) is 11.6 Å². The largest absolute Gasteiger partial charge is 0.301 e. The van der Waals surface area contributed by atoms with Crippen molar-refractivity contribution in [1.29, 1.82) is 0 Å². The van der Waals surface area contributed by atoms with Gasteiger partial charge in [-0.3, -0.25) is 0 Å². The third-order valence-corrected chi connectivity index (χ3v) is 4.12. The first-order chi connectivity index (χ1) is 7.84. The Balaban J connectivity index is 1.74. The van der Waals surface area contributed by atoms with E-state index in [9.17, 15) is 0 Å². The maximum atomic E-state index is 6.13. The van der Waals surface area contributed by atoms with Crippen LogP contribution in [0.15, 0.2) is 0 Å². The summed E-state index contributed by atoms with van der Waals surface area (Å²) in [6.07, 6.45) is 9.38. The number of halogens is 1. The Morgan fingerprint density at radius 3 is 2.50 bits per heavy atom. The maximum Gasteiger partial charge on any atom is 0.225 e. The van der Waals surface area contributed by atoms with Crippen LogP contribution in [0.1, 0.15) is 56.7 Å². The molecule has 0 saturated heterocycles. The van der Waals surface area contributed by atoms with Crippen LogP contribution in [0.2, 0.25) is 5.28 Å². The lowest BCUT2D eigenvalue weighted by Crippen LogP contribution is -2.16. The van der Waals surface area contributed by atoms with Crippen LogP contribution in [0.3, 0.4) is 0 Å². The number of aromatic nitrogens is 3. The second-order valence-electron chi connectivity index (χ2n) is 5.22. The molecule has 2 aliphatic carbocycles. The summed E-state index contributed by atoms with van der Waals surface area (Å²) in [5, 5.41) is 8.84. The molecular weight excluding hydrogens is 222 g/mol. The molecule has 88 valence electrons. The number of hydrogen-bond donors (Lipinski definition) is 0. The van der Waals surface area contributed by atoms with Gasteiger partial charge in [0.05, 0.1) is 0 Å². The molecule has 1 aromatic rings. The summed E-state index contributed by atoms with van der Waals surface area (Å²) in [6, 6.07) is 0. The van der Waals surface area contributed by atoms with Gasteiger partial charge in [0.2, 0.25) is 5.28 Å². The molecule has 2 saturated carbocycles. The van der Waals surface area contributed by atoms with Crippen molar-refractivity contribution in [3.63, 3.8) is 0 Å². The SMILES string of the molecule is Clc1nnc(C2CC2)n1CC1CCCCC1. The monoisotopic (exact) mass is 239 g/mol. The third-order valence-electron chi connectivity index (χ3n) is 3.84. The van der Waals surface area contributed by atoms with E-state index in [2.05, 4.69) is 14.8 Å². The van der Waals surface area contributed by atoms with Gasteiger partial charge in [-0.25, -0.2) is 0 Å². The summed E-state index contributed by atoms with van der Waals surface area (Å²) >= 11 is 6.13. The van der Waals surface area contributed by atoms with Crippen molar-refractivity contribution in [1.82, 2.24) is 14.8 Å². The molecule has 0 amide bonds. The molecule has 0 aromatic carbocycles. The highest BCUT2D eigenvalue weighted by atomic mass is 35.5. The lowest BCUT2D eigenvalue weighted by molar-refractivity contribution is 0.316. The van der Waals surface area contributed by atoms with Crippen molar-refractivity contribution in [2.45, 2.75) is 57.4 Å². The average molecular weight is 240 g/mol. The zero-order chi connectivity index (χ0) is 11.0. The predicted octanol–water partition coefficient (Wildman–Crippen LogP) is 3.39. The Bertz CT molecular complexity index is 364. The average Bonchev–Trinajstić information content (AvgIpc) is 3.08. The summed E-state index contributed by atoms with van der Waals surface area (Å²) in [7, 11) is 0. The zero-order valence-corrected chi connectivity index (χ0v) is 10.3. The number of hydrogen-bond acceptors (Lipinski definition) is 2. The molecule has 2 fully saturated rings. The van der Waals surface area contributed by atoms with Gasteiger partial charge in [0.15, 0.2) is 0 Å². The summed E-state index contributed by atoms with van der Waals surface area (Å²) in [5.74, 6) is 2.57. The highest BCUT2D eigenvalue weighted by Crippen LogP contribution is 2.40. The normalized spacial score (nSPS) is 22.6. The number of rotatable bonds is 3. The van der Waals surface area contributed by atoms with Crippen LogP contribution in [0.4, 0.5) is 0 Å². The molecule has 16 heavy (non-hydrogen) atoms. The number of nitrogens with zero attached hydrogens (tertiary/aromatic N) is 3. The minimum absolute atomic E-state index is 0.590. The molecule has 0 atom stereocenters. The Morgan fingerprint density at radius 2 is 1.81 bits per heavy atom. The molecule has 0 bridgehead atoms. The summed E-state index contributed by atoms with van der Waals surface area (Å²) in [4.78, 5) is 0. The van der Waals surface area contributed by atoms with Crippen molar-refractivity contribution in [3.05, 3.63) is 11.1 Å². The van der Waals surface area contributed by atoms with Gasteiger partial charge < -0.3 is 4.57 Å². The van der Waals surface area contributed by atoms with E-state index < -0.39 is 0 Å². The second kappa shape index (κ2) is 4.36. The van der Waals surface area contributed by atoms with Crippen molar-refractivity contribution in [3.8, 4) is 0 Å². The van der Waals surface area contributed by atoms with Crippen LogP contribution < -0.4 is 0 Å². The second-order valence-corrected chi connectivity index (χ2v) is 5.55. The van der Waals surface area contributed by atoms with Gasteiger partial charge in [-0.2, -0.15) is 0 Å². The molecule has 4 heteroatoms. The van der Waals surface area contributed by atoms with E-state index in [-0.39, 0.29) is 0 Å². The van der Waals surface area contributed by atoms with Crippen molar-refractivity contribution in [2.75, 3.05) is 0 Å². The Kier molecular flexibility index (Phi) is 2.88. The van der Waals surface area contributed by atoms with Crippen LogP contribution in [-0.4, -0.2) is 14.8 Å². The van der Waals surface area contributed by atoms with Gasteiger partial charge in [0.1, 0.15) is 5.82 Å². The van der Waals surface area contributed by atoms with Gasteiger partial charge in [0, 0.05) is 12.5 Å². The molecule has 0 radical (unpaired) electrons. The quantitative estimate of drug-likeness (QED) is 0.810. The third kappa shape index (κ3) is 2.10. The molecule has 0 spiro atoms. The molecule has 2 aliphatic rings. The molecule has 3 nitrogen and oxygen atoms in total. The Hall–Kier alpha value is -0.570. The van der Waals surface area contributed by atoms with Crippen LogP contribution in [-0.2, 0) is 6.54 Å². The van der Waals surface area contributed by atoms with Crippen molar-refractivity contribution < 1.29 is 0 Å². The summed E-state index contributed by atoms with van der Waals surface area (Å²) < 4.78 is 2.16. The zero-order valence-electron chi connectivity index (χ0n) is 9.53. The first kappa shape index (κ1) is 10.6. The van der Waals surface area contributed by atoms with Crippen LogP contribution in [0.25, 0.3) is 0 Å². The molecular formula is C12H18ClN3. The van der Waals surface area contributed by atoms with Crippen LogP contribution in [0, 0.1) is 5.92 Å². The fraction of sp³-hybridized carbons (Fsp3) is 0.833. The van der Waals surface area contributed by atoms with E-state index in [1.807, 2.05) is 0 Å². The van der Waals surface area contributed by atoms with Crippen molar-refractivity contribution in [2.24, 2.45) is 5.92 Å². The topological polar surface area (TPSA) is 30.7 Å².